The Morgan fingerprint density at radius 1 is 1.29 bits per heavy atom. The van der Waals surface area contributed by atoms with E-state index in [0.717, 1.165) is 59.7 Å². The summed E-state index contributed by atoms with van der Waals surface area (Å²) >= 11 is 6.47. The number of allylic oxidation sites excluding steroid dienone is 1. The van der Waals surface area contributed by atoms with Gasteiger partial charge in [-0.3, -0.25) is 14.5 Å². The second-order valence-corrected chi connectivity index (χ2v) is 11.1. The highest BCUT2D eigenvalue weighted by molar-refractivity contribution is 6.35. The molecule has 1 atom stereocenters. The second-order valence-electron chi connectivity index (χ2n) is 10.7. The van der Waals surface area contributed by atoms with Gasteiger partial charge in [0.1, 0.15) is 11.8 Å². The van der Waals surface area contributed by atoms with Gasteiger partial charge in [0.2, 0.25) is 5.91 Å². The Balaban J connectivity index is 1.20. The molecular formula is C30H33ClN4O3. The zero-order valence-corrected chi connectivity index (χ0v) is 22.4. The van der Waals surface area contributed by atoms with Crippen LogP contribution in [-0.2, 0) is 23.3 Å². The third-order valence-corrected chi connectivity index (χ3v) is 8.96. The van der Waals surface area contributed by atoms with Crippen LogP contribution in [0.4, 0.5) is 0 Å². The van der Waals surface area contributed by atoms with E-state index in [1.54, 1.807) is 18.0 Å². The molecule has 3 aromatic rings. The number of nitrogens with one attached hydrogen (secondary N) is 2. The minimum absolute atomic E-state index is 0.0435. The molecule has 1 spiro atoms. The summed E-state index contributed by atoms with van der Waals surface area (Å²) in [7, 11) is 1.61. The van der Waals surface area contributed by atoms with Gasteiger partial charge in [0.15, 0.2) is 0 Å². The number of aromatic amines is 1. The number of aromatic nitrogens is 1. The normalized spacial score (nSPS) is 18.9. The predicted molar refractivity (Wildman–Crippen MR) is 149 cm³/mol. The fraction of sp³-hybridized carbons (Fsp3) is 0.400. The molecule has 6 rings (SSSR count). The molecule has 1 fully saturated rings. The largest absolute Gasteiger partial charge is 0.492 e. The maximum Gasteiger partial charge on any atom is 0.255 e. The summed E-state index contributed by atoms with van der Waals surface area (Å²) in [5, 5.41) is 4.59. The number of piperidine rings is 1. The van der Waals surface area contributed by atoms with Gasteiger partial charge in [0, 0.05) is 52.8 Å². The number of carbonyl (C=O) groups excluding carboxylic acids is 2. The molecule has 2 amide bonds. The number of fused-ring (bicyclic) bond motifs is 5. The van der Waals surface area contributed by atoms with Crippen LogP contribution in [-0.4, -0.2) is 59.4 Å². The van der Waals surface area contributed by atoms with Gasteiger partial charge in [-0.15, -0.1) is 6.58 Å². The number of ether oxygens (including phenoxy) is 1. The topological polar surface area (TPSA) is 77.7 Å². The van der Waals surface area contributed by atoms with Crippen molar-refractivity contribution >= 4 is 34.3 Å². The van der Waals surface area contributed by atoms with Crippen molar-refractivity contribution in [3.63, 3.8) is 0 Å². The smallest absolute Gasteiger partial charge is 0.255 e. The number of halogens is 1. The highest BCUT2D eigenvalue weighted by Gasteiger charge is 2.47. The number of benzene rings is 2. The van der Waals surface area contributed by atoms with Gasteiger partial charge in [0.25, 0.3) is 5.91 Å². The third-order valence-electron chi connectivity index (χ3n) is 8.66. The Hall–Kier alpha value is -3.29. The van der Waals surface area contributed by atoms with Gasteiger partial charge in [0.05, 0.1) is 18.2 Å². The maximum atomic E-state index is 13.3. The number of H-pyrrole nitrogens is 1. The van der Waals surface area contributed by atoms with Crippen LogP contribution in [0.5, 0.6) is 5.75 Å². The molecule has 3 aliphatic rings. The first-order valence-corrected chi connectivity index (χ1v) is 13.7. The van der Waals surface area contributed by atoms with E-state index in [0.29, 0.717) is 31.6 Å². The lowest BCUT2D eigenvalue weighted by molar-refractivity contribution is -0.125. The molecule has 2 N–H and O–H groups in total. The number of rotatable bonds is 7. The number of carbonyl (C=O) groups is 2. The lowest BCUT2D eigenvalue weighted by atomic mass is 9.74. The van der Waals surface area contributed by atoms with Crippen LogP contribution < -0.4 is 10.1 Å². The SMILES string of the molecule is C=CCCC(C(=O)NC)N1Cc2c(ccc3c2OCC32CCN(Cc3cccc4[nH]cc(Cl)c34)CC2)C1=O. The van der Waals surface area contributed by atoms with Gasteiger partial charge >= 0.3 is 0 Å². The Morgan fingerprint density at radius 3 is 2.87 bits per heavy atom. The summed E-state index contributed by atoms with van der Waals surface area (Å²) in [5.74, 6) is 0.610. The third kappa shape index (κ3) is 4.00. The summed E-state index contributed by atoms with van der Waals surface area (Å²) < 4.78 is 6.36. The monoisotopic (exact) mass is 532 g/mol. The summed E-state index contributed by atoms with van der Waals surface area (Å²) in [4.78, 5) is 33.4. The van der Waals surface area contributed by atoms with Crippen molar-refractivity contribution in [3.05, 3.63) is 76.5 Å². The Bertz CT molecular complexity index is 1420. The van der Waals surface area contributed by atoms with Crippen molar-refractivity contribution in [2.45, 2.75) is 50.2 Å². The van der Waals surface area contributed by atoms with Crippen molar-refractivity contribution < 1.29 is 14.3 Å². The summed E-state index contributed by atoms with van der Waals surface area (Å²) in [6, 6.07) is 9.81. The molecular weight excluding hydrogens is 500 g/mol. The molecule has 38 heavy (non-hydrogen) atoms. The Morgan fingerprint density at radius 2 is 2.11 bits per heavy atom. The van der Waals surface area contributed by atoms with Crippen LogP contribution in [0.25, 0.3) is 10.9 Å². The number of likely N-dealkylation sites (N-methyl/N-ethyl adjacent to an activating group) is 1. The standard InChI is InChI=1S/C30H33ClN4O3/c1-3-4-8-25(28(36)32-2)35-17-21-20(29(35)37)9-10-22-27(21)38-18-30(22)11-13-34(14-12-30)16-19-6-5-7-24-26(19)23(31)15-33-24/h3,5-7,9-10,15,25,33H,1,4,8,11-14,16-18H2,2H3,(H,32,36). The fourth-order valence-corrected chi connectivity index (χ4v) is 6.79. The molecule has 2 aromatic carbocycles. The van der Waals surface area contributed by atoms with E-state index in [2.05, 4.69) is 46.0 Å². The summed E-state index contributed by atoms with van der Waals surface area (Å²) in [5.41, 5.74) is 5.06. The molecule has 1 saturated heterocycles. The van der Waals surface area contributed by atoms with E-state index in [9.17, 15) is 9.59 Å². The molecule has 7 nitrogen and oxygen atoms in total. The maximum absolute atomic E-state index is 13.3. The lowest BCUT2D eigenvalue weighted by Crippen LogP contribution is -2.46. The molecule has 1 unspecified atom stereocenters. The lowest BCUT2D eigenvalue weighted by Gasteiger charge is -2.38. The Kier molecular flexibility index (Phi) is 6.44. The van der Waals surface area contributed by atoms with E-state index in [1.165, 1.54) is 11.1 Å². The van der Waals surface area contributed by atoms with Gasteiger partial charge in [-0.25, -0.2) is 0 Å². The van der Waals surface area contributed by atoms with Crippen molar-refractivity contribution in [1.82, 2.24) is 20.1 Å². The number of hydrogen-bond donors (Lipinski definition) is 2. The first-order valence-electron chi connectivity index (χ1n) is 13.3. The van der Waals surface area contributed by atoms with E-state index in [4.69, 9.17) is 16.3 Å². The van der Waals surface area contributed by atoms with E-state index >= 15 is 0 Å². The highest BCUT2D eigenvalue weighted by Crippen LogP contribution is 2.49. The fourth-order valence-electron chi connectivity index (χ4n) is 6.52. The van der Waals surface area contributed by atoms with Gasteiger partial charge in [-0.2, -0.15) is 0 Å². The molecule has 198 valence electrons. The van der Waals surface area contributed by atoms with Gasteiger partial charge < -0.3 is 19.9 Å². The number of likely N-dealkylation sites (tertiary alicyclic amines) is 1. The van der Waals surface area contributed by atoms with Crippen molar-refractivity contribution in [3.8, 4) is 5.75 Å². The van der Waals surface area contributed by atoms with E-state index in [-0.39, 0.29) is 17.2 Å². The van der Waals surface area contributed by atoms with Crippen LogP contribution in [0, 0.1) is 0 Å². The average molecular weight is 533 g/mol. The molecule has 0 radical (unpaired) electrons. The first kappa shape index (κ1) is 25.0. The molecule has 0 bridgehead atoms. The average Bonchev–Trinajstić information content (AvgIpc) is 3.60. The molecule has 1 aromatic heterocycles. The van der Waals surface area contributed by atoms with Crippen LogP contribution in [0.3, 0.4) is 0 Å². The van der Waals surface area contributed by atoms with E-state index < -0.39 is 6.04 Å². The molecule has 4 heterocycles. The van der Waals surface area contributed by atoms with Crippen molar-refractivity contribution in [1.29, 1.82) is 0 Å². The van der Waals surface area contributed by atoms with Crippen LogP contribution in [0.1, 0.15) is 52.7 Å². The first-order chi connectivity index (χ1) is 18.5. The minimum Gasteiger partial charge on any atom is -0.492 e. The quantitative estimate of drug-likeness (QED) is 0.429. The number of nitrogens with zero attached hydrogens (tertiary/aromatic N) is 2. The molecule has 0 saturated carbocycles. The summed E-state index contributed by atoms with van der Waals surface area (Å²) in [6.07, 6.45) is 6.84. The van der Waals surface area contributed by atoms with Crippen LogP contribution in [0.15, 0.2) is 49.2 Å². The van der Waals surface area contributed by atoms with Crippen LogP contribution >= 0.6 is 11.6 Å². The van der Waals surface area contributed by atoms with Crippen molar-refractivity contribution in [2.24, 2.45) is 0 Å². The number of amides is 2. The van der Waals surface area contributed by atoms with Crippen molar-refractivity contribution in [2.75, 3.05) is 26.7 Å². The molecule has 8 heteroatoms. The van der Waals surface area contributed by atoms with Crippen LogP contribution in [0.2, 0.25) is 5.02 Å². The Labute approximate surface area is 227 Å². The highest BCUT2D eigenvalue weighted by atomic mass is 35.5. The predicted octanol–water partition coefficient (Wildman–Crippen LogP) is 4.78. The number of hydrogen-bond acceptors (Lipinski definition) is 4. The van der Waals surface area contributed by atoms with E-state index in [1.807, 2.05) is 12.3 Å². The minimum atomic E-state index is -0.523. The molecule has 0 aliphatic carbocycles. The zero-order chi connectivity index (χ0) is 26.4. The second kappa shape index (κ2) is 9.79. The van der Waals surface area contributed by atoms with Gasteiger partial charge in [-0.05, 0) is 56.5 Å². The summed E-state index contributed by atoms with van der Waals surface area (Å²) in [6.45, 7) is 7.59. The molecule has 3 aliphatic heterocycles. The van der Waals surface area contributed by atoms with Gasteiger partial charge in [-0.1, -0.05) is 35.9 Å². The zero-order valence-electron chi connectivity index (χ0n) is 21.7.